The highest BCUT2D eigenvalue weighted by atomic mass is 16.5. The number of azo groups is 1. The quantitative estimate of drug-likeness (QED) is 0.533. The number of amides is 2. The number of carbonyl (C=O) groups excluding carboxylic acids is 2. The van der Waals surface area contributed by atoms with E-state index in [2.05, 4.69) is 35.5 Å². The molecule has 0 radical (unpaired) electrons. The molecule has 0 fully saturated rings. The van der Waals surface area contributed by atoms with E-state index in [1.54, 1.807) is 13.4 Å². The summed E-state index contributed by atoms with van der Waals surface area (Å²) in [6.45, 7) is 3.07. The molecule has 12 nitrogen and oxygen atoms in total. The van der Waals surface area contributed by atoms with Crippen LogP contribution in [0.2, 0.25) is 0 Å². The minimum absolute atomic E-state index is 0.000903. The van der Waals surface area contributed by atoms with Crippen LogP contribution in [0.4, 0.5) is 5.69 Å². The Morgan fingerprint density at radius 3 is 2.87 bits per heavy atom. The molecule has 0 saturated heterocycles. The molecule has 4 heterocycles. The van der Waals surface area contributed by atoms with E-state index in [1.165, 1.54) is 4.90 Å². The number of carbonyl (C=O) groups is 2. The van der Waals surface area contributed by atoms with Crippen LogP contribution >= 0.6 is 0 Å². The van der Waals surface area contributed by atoms with Crippen LogP contribution in [0.25, 0.3) is 0 Å². The smallest absolute Gasteiger partial charge is 0.291 e. The van der Waals surface area contributed by atoms with Gasteiger partial charge in [0, 0.05) is 26.6 Å². The molecule has 3 aliphatic heterocycles. The van der Waals surface area contributed by atoms with E-state index < -0.39 is 18.1 Å². The van der Waals surface area contributed by atoms with Crippen LogP contribution in [-0.2, 0) is 35.6 Å². The number of nitrogens with one attached hydrogen (secondary N) is 1. The van der Waals surface area contributed by atoms with E-state index in [9.17, 15) is 9.59 Å². The molecule has 194 valence electrons. The molecule has 1 aromatic heterocycles. The van der Waals surface area contributed by atoms with Gasteiger partial charge in [0.15, 0.2) is 6.17 Å². The topological polar surface area (TPSA) is 130 Å². The van der Waals surface area contributed by atoms with Crippen LogP contribution in [0.5, 0.6) is 5.75 Å². The van der Waals surface area contributed by atoms with Crippen molar-refractivity contribution in [2.45, 2.75) is 38.3 Å². The van der Waals surface area contributed by atoms with Gasteiger partial charge in [-0.3, -0.25) is 14.5 Å². The zero-order valence-electron chi connectivity index (χ0n) is 20.9. The third-order valence-corrected chi connectivity index (χ3v) is 6.84. The van der Waals surface area contributed by atoms with Crippen LogP contribution < -0.4 is 15.0 Å². The first-order valence-electron chi connectivity index (χ1n) is 12.5. The average molecular weight is 514 g/mol. The molecular formula is C26H27N9O3. The Hall–Kier alpha value is -4.45. The van der Waals surface area contributed by atoms with Crippen molar-refractivity contribution in [1.29, 1.82) is 0 Å². The number of anilines is 1. The van der Waals surface area contributed by atoms with Crippen LogP contribution in [0.3, 0.4) is 0 Å². The molecule has 1 unspecified atom stereocenters. The number of amidine groups is 1. The highest BCUT2D eigenvalue weighted by Gasteiger charge is 2.33. The Labute approximate surface area is 219 Å². The molecule has 3 aliphatic rings. The lowest BCUT2D eigenvalue weighted by atomic mass is 10.1. The molecule has 0 saturated carbocycles. The average Bonchev–Trinajstić information content (AvgIpc) is 3.58. The Bertz CT molecular complexity index is 1420. The Kier molecular flexibility index (Phi) is 6.38. The van der Waals surface area contributed by atoms with Gasteiger partial charge < -0.3 is 15.0 Å². The van der Waals surface area contributed by atoms with Gasteiger partial charge in [0.05, 0.1) is 18.8 Å². The second kappa shape index (κ2) is 10.1. The Balaban J connectivity index is 1.10. The summed E-state index contributed by atoms with van der Waals surface area (Å²) < 4.78 is 7.86. The van der Waals surface area contributed by atoms with Crippen molar-refractivity contribution >= 4 is 23.3 Å². The van der Waals surface area contributed by atoms with E-state index in [-0.39, 0.29) is 18.3 Å². The first kappa shape index (κ1) is 23.9. The van der Waals surface area contributed by atoms with E-state index in [0.717, 1.165) is 30.0 Å². The summed E-state index contributed by atoms with van der Waals surface area (Å²) in [5.74, 6) is 0.655. The van der Waals surface area contributed by atoms with Crippen molar-refractivity contribution in [3.8, 4) is 5.75 Å². The summed E-state index contributed by atoms with van der Waals surface area (Å²) in [6.07, 6.45) is 1.67. The van der Waals surface area contributed by atoms with E-state index in [4.69, 9.17) is 4.74 Å². The number of aliphatic imine (C=N–C) groups is 1. The maximum Gasteiger partial charge on any atom is 0.291 e. The van der Waals surface area contributed by atoms with Crippen molar-refractivity contribution in [2.24, 2.45) is 15.2 Å². The number of rotatable bonds is 6. The lowest BCUT2D eigenvalue weighted by Crippen LogP contribution is -2.50. The Morgan fingerprint density at radius 2 is 2.00 bits per heavy atom. The normalized spacial score (nSPS) is 20.8. The molecule has 1 N–H and O–H groups in total. The van der Waals surface area contributed by atoms with Gasteiger partial charge >= 0.3 is 0 Å². The third kappa shape index (κ3) is 4.90. The SMILES string of the molecule is CN1C(=O)[C@@H](NC(=O)C2=NC(Cc3ccccc3)N=N2)COc2ccc(CN3CCn4ncnc4C3)cc21. The number of aromatic nitrogens is 3. The van der Waals surface area contributed by atoms with Gasteiger partial charge in [-0.15, -0.1) is 5.11 Å². The van der Waals surface area contributed by atoms with Crippen molar-refractivity contribution in [2.75, 3.05) is 25.1 Å². The Morgan fingerprint density at radius 1 is 1.13 bits per heavy atom. The number of ether oxygens (including phenoxy) is 1. The summed E-state index contributed by atoms with van der Waals surface area (Å²) in [6, 6.07) is 14.7. The number of benzene rings is 2. The number of hydrogen-bond donors (Lipinski definition) is 1. The van der Waals surface area contributed by atoms with Crippen LogP contribution in [0.15, 0.2) is 70.1 Å². The summed E-state index contributed by atoms with van der Waals surface area (Å²) in [5, 5.41) is 15.0. The minimum Gasteiger partial charge on any atom is -0.489 e. The number of hydrogen-bond acceptors (Lipinski definition) is 9. The van der Waals surface area contributed by atoms with Gasteiger partial charge in [-0.1, -0.05) is 36.4 Å². The standard InChI is InChI=1S/C26H27N9O3/c1-33-20-11-18(13-34-9-10-35-23(14-34)27-16-28-35)7-8-21(20)38-15-19(26(33)37)29-25(36)24-30-22(31-32-24)12-17-5-3-2-4-6-17/h2-8,11,16,19,22H,9-10,12-15H2,1H3,(H,29,36)/t19-,22?/m0/s1. The van der Waals surface area contributed by atoms with Crippen molar-refractivity contribution < 1.29 is 14.3 Å². The van der Waals surface area contributed by atoms with Gasteiger partial charge in [0.25, 0.3) is 11.8 Å². The zero-order valence-corrected chi connectivity index (χ0v) is 20.9. The van der Waals surface area contributed by atoms with Crippen molar-refractivity contribution in [1.82, 2.24) is 25.0 Å². The summed E-state index contributed by atoms with van der Waals surface area (Å²) in [7, 11) is 1.69. The van der Waals surface area contributed by atoms with Gasteiger partial charge in [-0.25, -0.2) is 14.7 Å². The number of nitrogens with zero attached hydrogens (tertiary/aromatic N) is 8. The lowest BCUT2D eigenvalue weighted by Gasteiger charge is -2.27. The fraction of sp³-hybridized carbons (Fsp3) is 0.346. The highest BCUT2D eigenvalue weighted by Crippen LogP contribution is 2.32. The third-order valence-electron chi connectivity index (χ3n) is 6.84. The van der Waals surface area contributed by atoms with Crippen LogP contribution in [0.1, 0.15) is 17.0 Å². The highest BCUT2D eigenvalue weighted by molar-refractivity contribution is 6.38. The lowest BCUT2D eigenvalue weighted by molar-refractivity contribution is -0.124. The molecule has 12 heteroatoms. The maximum atomic E-state index is 13.3. The van der Waals surface area contributed by atoms with Crippen LogP contribution in [0, 0.1) is 0 Å². The van der Waals surface area contributed by atoms with Gasteiger partial charge in [0.1, 0.15) is 30.5 Å². The monoisotopic (exact) mass is 513 g/mol. The number of likely N-dealkylation sites (N-methyl/N-ethyl adjacent to an activating group) is 1. The fourth-order valence-electron chi connectivity index (χ4n) is 4.80. The van der Waals surface area contributed by atoms with Gasteiger partial charge in [0.2, 0.25) is 5.84 Å². The first-order valence-corrected chi connectivity index (χ1v) is 12.5. The summed E-state index contributed by atoms with van der Waals surface area (Å²) in [4.78, 5) is 38.6. The molecular weight excluding hydrogens is 486 g/mol. The molecule has 0 aliphatic carbocycles. The first-order chi connectivity index (χ1) is 18.5. The molecule has 2 amide bonds. The van der Waals surface area contributed by atoms with Gasteiger partial charge in [-0.05, 0) is 23.3 Å². The largest absolute Gasteiger partial charge is 0.489 e. The molecule has 3 aromatic rings. The van der Waals surface area contributed by atoms with E-state index in [1.807, 2.05) is 53.2 Å². The summed E-state index contributed by atoms with van der Waals surface area (Å²) >= 11 is 0. The molecule has 6 rings (SSSR count). The van der Waals surface area contributed by atoms with E-state index in [0.29, 0.717) is 30.9 Å². The van der Waals surface area contributed by atoms with E-state index >= 15 is 0 Å². The fourth-order valence-corrected chi connectivity index (χ4v) is 4.80. The number of fused-ring (bicyclic) bond motifs is 2. The van der Waals surface area contributed by atoms with Crippen LogP contribution in [-0.4, -0.2) is 69.7 Å². The molecule has 0 bridgehead atoms. The summed E-state index contributed by atoms with van der Waals surface area (Å²) in [5.41, 5.74) is 2.76. The molecule has 0 spiro atoms. The minimum atomic E-state index is -0.886. The predicted octanol–water partition coefficient (Wildman–Crippen LogP) is 1.57. The van der Waals surface area contributed by atoms with Crippen molar-refractivity contribution in [3.05, 3.63) is 71.8 Å². The zero-order chi connectivity index (χ0) is 26.1. The maximum absolute atomic E-state index is 13.3. The second-order valence-electron chi connectivity index (χ2n) is 9.48. The predicted molar refractivity (Wildman–Crippen MR) is 138 cm³/mol. The van der Waals surface area contributed by atoms with Crippen molar-refractivity contribution in [3.63, 3.8) is 0 Å². The second-order valence-corrected chi connectivity index (χ2v) is 9.48. The van der Waals surface area contributed by atoms with Gasteiger partial charge in [-0.2, -0.15) is 10.2 Å². The molecule has 2 aromatic carbocycles. The molecule has 2 atom stereocenters. The molecule has 38 heavy (non-hydrogen) atoms.